The van der Waals surface area contributed by atoms with Crippen LogP contribution in [-0.2, 0) is 14.3 Å². The van der Waals surface area contributed by atoms with Crippen LogP contribution in [0.2, 0.25) is 0 Å². The lowest BCUT2D eigenvalue weighted by molar-refractivity contribution is -0.187. The fourth-order valence-electron chi connectivity index (χ4n) is 4.61. The molecule has 1 aliphatic carbocycles. The molecule has 5 atom stereocenters. The van der Waals surface area contributed by atoms with Crippen LogP contribution in [0.5, 0.6) is 0 Å². The van der Waals surface area contributed by atoms with Crippen LogP contribution in [-0.4, -0.2) is 55.4 Å². The molecule has 0 bridgehead atoms. The summed E-state index contributed by atoms with van der Waals surface area (Å²) in [6.07, 6.45) is 2.12. The predicted molar refractivity (Wildman–Crippen MR) is 79.7 cm³/mol. The topological polar surface area (TPSA) is 64.8 Å². The third kappa shape index (κ3) is 1.90. The van der Waals surface area contributed by atoms with Gasteiger partial charge in [-0.25, -0.2) is 0 Å². The first-order valence-electron chi connectivity index (χ1n) is 8.06. The molecule has 5 heteroatoms. The summed E-state index contributed by atoms with van der Waals surface area (Å²) in [6.45, 7) is 8.48. The van der Waals surface area contributed by atoms with Crippen molar-refractivity contribution in [2.24, 2.45) is 23.0 Å². The minimum absolute atomic E-state index is 0.0909. The van der Waals surface area contributed by atoms with E-state index in [1.54, 1.807) is 7.11 Å². The molecular weight excluding hydrogens is 268 g/mol. The molecule has 5 unspecified atom stereocenters. The second kappa shape index (κ2) is 4.93. The standard InChI is InChI=1S/C16H28N2O3/c1-10-5-7-18(9-12(10)20-4)14(19)16(17)11-6-8-21-13(11)15(16,2)3/h10-13H,5-9,17H2,1-4H3. The van der Waals surface area contributed by atoms with Crippen LogP contribution in [0.25, 0.3) is 0 Å². The highest BCUT2D eigenvalue weighted by Gasteiger charge is 2.72. The minimum atomic E-state index is -0.785. The molecule has 2 N–H and O–H groups in total. The van der Waals surface area contributed by atoms with Crippen molar-refractivity contribution in [1.29, 1.82) is 0 Å². The molecule has 3 rings (SSSR count). The summed E-state index contributed by atoms with van der Waals surface area (Å²) in [7, 11) is 1.72. The maximum atomic E-state index is 13.1. The number of carbonyl (C=O) groups is 1. The molecule has 3 fully saturated rings. The molecule has 5 nitrogen and oxygen atoms in total. The number of ether oxygens (including phenoxy) is 2. The highest BCUT2D eigenvalue weighted by Crippen LogP contribution is 2.58. The fourth-order valence-corrected chi connectivity index (χ4v) is 4.61. The average molecular weight is 296 g/mol. The molecule has 3 aliphatic rings. The Morgan fingerprint density at radius 3 is 2.76 bits per heavy atom. The number of nitrogens with zero attached hydrogens (tertiary/aromatic N) is 1. The minimum Gasteiger partial charge on any atom is -0.379 e. The lowest BCUT2D eigenvalue weighted by Crippen LogP contribution is -2.80. The van der Waals surface area contributed by atoms with Gasteiger partial charge in [-0.3, -0.25) is 4.79 Å². The van der Waals surface area contributed by atoms with Crippen LogP contribution >= 0.6 is 0 Å². The van der Waals surface area contributed by atoms with Gasteiger partial charge in [-0.1, -0.05) is 20.8 Å². The molecule has 0 spiro atoms. The van der Waals surface area contributed by atoms with Crippen LogP contribution in [0.1, 0.15) is 33.6 Å². The zero-order chi connectivity index (χ0) is 15.4. The van der Waals surface area contributed by atoms with Crippen molar-refractivity contribution in [2.75, 3.05) is 26.8 Å². The third-order valence-electron chi connectivity index (χ3n) is 6.29. The Morgan fingerprint density at radius 1 is 1.38 bits per heavy atom. The van der Waals surface area contributed by atoms with Crippen molar-refractivity contribution >= 4 is 5.91 Å². The van der Waals surface area contributed by atoms with Gasteiger partial charge in [0.25, 0.3) is 0 Å². The summed E-state index contributed by atoms with van der Waals surface area (Å²) in [4.78, 5) is 15.0. The van der Waals surface area contributed by atoms with Crippen LogP contribution in [0.3, 0.4) is 0 Å². The van der Waals surface area contributed by atoms with Gasteiger partial charge >= 0.3 is 0 Å². The molecule has 21 heavy (non-hydrogen) atoms. The van der Waals surface area contributed by atoms with E-state index < -0.39 is 5.54 Å². The van der Waals surface area contributed by atoms with E-state index in [1.807, 2.05) is 4.90 Å². The maximum Gasteiger partial charge on any atom is 0.243 e. The molecule has 0 radical (unpaired) electrons. The van der Waals surface area contributed by atoms with E-state index in [2.05, 4.69) is 20.8 Å². The lowest BCUT2D eigenvalue weighted by atomic mass is 9.47. The normalized spacial score (nSPS) is 45.1. The van der Waals surface area contributed by atoms with Gasteiger partial charge in [0.15, 0.2) is 0 Å². The van der Waals surface area contributed by atoms with Gasteiger partial charge in [-0.05, 0) is 18.8 Å². The Bertz CT molecular complexity index is 439. The highest BCUT2D eigenvalue weighted by molar-refractivity contribution is 5.89. The molecule has 1 saturated carbocycles. The van der Waals surface area contributed by atoms with E-state index in [1.165, 1.54) is 0 Å². The van der Waals surface area contributed by atoms with Gasteiger partial charge in [0, 0.05) is 38.1 Å². The van der Waals surface area contributed by atoms with Gasteiger partial charge in [0.2, 0.25) is 5.91 Å². The number of carbonyl (C=O) groups excluding carboxylic acids is 1. The summed E-state index contributed by atoms with van der Waals surface area (Å²) < 4.78 is 11.3. The smallest absolute Gasteiger partial charge is 0.243 e. The summed E-state index contributed by atoms with van der Waals surface area (Å²) >= 11 is 0. The number of hydrogen-bond acceptors (Lipinski definition) is 4. The van der Waals surface area contributed by atoms with Crippen molar-refractivity contribution < 1.29 is 14.3 Å². The number of hydrogen-bond donors (Lipinski definition) is 1. The first kappa shape index (κ1) is 15.3. The first-order chi connectivity index (χ1) is 9.84. The van der Waals surface area contributed by atoms with E-state index >= 15 is 0 Å². The molecule has 0 aromatic carbocycles. The monoisotopic (exact) mass is 296 g/mol. The Labute approximate surface area is 127 Å². The van der Waals surface area contributed by atoms with Gasteiger partial charge < -0.3 is 20.1 Å². The quantitative estimate of drug-likeness (QED) is 0.826. The molecule has 1 amide bonds. The van der Waals surface area contributed by atoms with Crippen molar-refractivity contribution in [1.82, 2.24) is 4.90 Å². The molecular formula is C16H28N2O3. The Hall–Kier alpha value is -0.650. The SMILES string of the molecule is COC1CN(C(=O)C2(N)C3CCOC3C2(C)C)CCC1C. The first-order valence-corrected chi connectivity index (χ1v) is 8.06. The van der Waals surface area contributed by atoms with E-state index in [0.717, 1.165) is 26.0 Å². The zero-order valence-electron chi connectivity index (χ0n) is 13.6. The largest absolute Gasteiger partial charge is 0.379 e. The van der Waals surface area contributed by atoms with E-state index in [-0.39, 0.29) is 29.4 Å². The van der Waals surface area contributed by atoms with Gasteiger partial charge in [-0.15, -0.1) is 0 Å². The zero-order valence-corrected chi connectivity index (χ0v) is 13.6. The Kier molecular flexibility index (Phi) is 3.58. The summed E-state index contributed by atoms with van der Waals surface area (Å²) in [5, 5.41) is 0. The summed E-state index contributed by atoms with van der Waals surface area (Å²) in [5.41, 5.74) is 5.57. The molecule has 2 aliphatic heterocycles. The van der Waals surface area contributed by atoms with Crippen molar-refractivity contribution in [2.45, 2.75) is 51.4 Å². The van der Waals surface area contributed by atoms with Crippen LogP contribution in [0.4, 0.5) is 0 Å². The molecule has 0 aromatic rings. The Balaban J connectivity index is 1.79. The molecule has 2 saturated heterocycles. The van der Waals surface area contributed by atoms with E-state index in [0.29, 0.717) is 12.5 Å². The van der Waals surface area contributed by atoms with Crippen molar-refractivity contribution in [3.63, 3.8) is 0 Å². The van der Waals surface area contributed by atoms with Crippen molar-refractivity contribution in [3.05, 3.63) is 0 Å². The molecule has 0 aromatic heterocycles. The van der Waals surface area contributed by atoms with Gasteiger partial charge in [-0.2, -0.15) is 0 Å². The number of rotatable bonds is 2. The number of likely N-dealkylation sites (tertiary alicyclic amines) is 1. The number of amides is 1. The van der Waals surface area contributed by atoms with Crippen LogP contribution in [0.15, 0.2) is 0 Å². The average Bonchev–Trinajstić information content (AvgIpc) is 2.94. The lowest BCUT2D eigenvalue weighted by Gasteiger charge is -2.62. The number of piperidine rings is 1. The highest BCUT2D eigenvalue weighted by atomic mass is 16.5. The maximum absolute atomic E-state index is 13.1. The molecule has 120 valence electrons. The van der Waals surface area contributed by atoms with E-state index in [4.69, 9.17) is 15.2 Å². The predicted octanol–water partition coefficient (Wildman–Crippen LogP) is 1.01. The van der Waals surface area contributed by atoms with Gasteiger partial charge in [0.05, 0.1) is 12.2 Å². The second-order valence-electron chi connectivity index (χ2n) is 7.57. The third-order valence-corrected chi connectivity index (χ3v) is 6.29. The van der Waals surface area contributed by atoms with E-state index in [9.17, 15) is 4.79 Å². The number of fused-ring (bicyclic) bond motifs is 1. The summed E-state index contributed by atoms with van der Waals surface area (Å²) in [6, 6.07) is 0. The number of methoxy groups -OCH3 is 1. The molecule has 2 heterocycles. The fraction of sp³-hybridized carbons (Fsp3) is 0.938. The second-order valence-corrected chi connectivity index (χ2v) is 7.57. The van der Waals surface area contributed by atoms with Crippen LogP contribution in [0, 0.1) is 17.3 Å². The summed E-state index contributed by atoms with van der Waals surface area (Å²) in [5.74, 6) is 0.748. The van der Waals surface area contributed by atoms with Gasteiger partial charge in [0.1, 0.15) is 5.54 Å². The number of nitrogens with two attached hydrogens (primary N) is 1. The van der Waals surface area contributed by atoms with Crippen molar-refractivity contribution in [3.8, 4) is 0 Å². The van der Waals surface area contributed by atoms with Crippen LogP contribution < -0.4 is 5.73 Å². The Morgan fingerprint density at radius 2 is 2.10 bits per heavy atom.